The Labute approximate surface area is 129 Å². The van der Waals surface area contributed by atoms with Crippen molar-refractivity contribution in [3.05, 3.63) is 44.9 Å². The fourth-order valence-electron chi connectivity index (χ4n) is 1.63. The highest BCUT2D eigenvalue weighted by Crippen LogP contribution is 2.21. The summed E-state index contributed by atoms with van der Waals surface area (Å²) in [5, 5.41) is 15.4. The number of thiazole rings is 1. The van der Waals surface area contributed by atoms with Gasteiger partial charge in [-0.1, -0.05) is 11.6 Å². The van der Waals surface area contributed by atoms with Crippen molar-refractivity contribution in [1.82, 2.24) is 10.3 Å². The lowest BCUT2D eigenvalue weighted by Crippen LogP contribution is -2.28. The first-order valence-electron chi connectivity index (χ1n) is 5.94. The maximum atomic E-state index is 11.8. The lowest BCUT2D eigenvalue weighted by molar-refractivity contribution is 0.0698. The number of aromatic carboxylic acids is 1. The molecule has 8 heteroatoms. The summed E-state index contributed by atoms with van der Waals surface area (Å²) >= 11 is 7.29. The SMILES string of the molecule is Cc1ncc(CNC(=O)Nc2cc(Cl)ccc2C(=O)O)s1. The number of carbonyl (C=O) groups excluding carboxylic acids is 1. The first-order valence-corrected chi connectivity index (χ1v) is 7.14. The molecule has 0 spiro atoms. The van der Waals surface area contributed by atoms with Gasteiger partial charge in [0.1, 0.15) is 0 Å². The molecule has 1 aromatic heterocycles. The number of benzene rings is 1. The molecule has 0 unspecified atom stereocenters. The van der Waals surface area contributed by atoms with Crippen LogP contribution < -0.4 is 10.6 Å². The Morgan fingerprint density at radius 3 is 2.81 bits per heavy atom. The number of carbonyl (C=O) groups is 2. The number of rotatable bonds is 4. The predicted molar refractivity (Wildman–Crippen MR) is 81.1 cm³/mol. The quantitative estimate of drug-likeness (QED) is 0.805. The van der Waals surface area contributed by atoms with Crippen LogP contribution in [-0.2, 0) is 6.54 Å². The van der Waals surface area contributed by atoms with E-state index in [0.717, 1.165) is 9.88 Å². The number of amides is 2. The number of urea groups is 1. The van der Waals surface area contributed by atoms with Gasteiger partial charge in [-0.05, 0) is 25.1 Å². The van der Waals surface area contributed by atoms with E-state index in [1.165, 1.54) is 29.5 Å². The van der Waals surface area contributed by atoms with Gasteiger partial charge in [-0.2, -0.15) is 0 Å². The molecule has 2 aromatic rings. The molecule has 0 bridgehead atoms. The zero-order valence-corrected chi connectivity index (χ0v) is 12.6. The van der Waals surface area contributed by atoms with Gasteiger partial charge in [0, 0.05) is 16.1 Å². The van der Waals surface area contributed by atoms with Gasteiger partial charge in [0.05, 0.1) is 22.8 Å². The highest BCUT2D eigenvalue weighted by atomic mass is 35.5. The van der Waals surface area contributed by atoms with Crippen LogP contribution in [0.4, 0.5) is 10.5 Å². The molecule has 2 amide bonds. The molecule has 1 aromatic carbocycles. The Bertz CT molecular complexity index is 687. The van der Waals surface area contributed by atoms with Crippen LogP contribution in [0.2, 0.25) is 5.02 Å². The van der Waals surface area contributed by atoms with E-state index in [4.69, 9.17) is 16.7 Å². The fraction of sp³-hybridized carbons (Fsp3) is 0.154. The molecule has 0 saturated heterocycles. The van der Waals surface area contributed by atoms with Crippen molar-refractivity contribution in [3.8, 4) is 0 Å². The zero-order valence-electron chi connectivity index (χ0n) is 11.0. The summed E-state index contributed by atoms with van der Waals surface area (Å²) in [6, 6.07) is 3.67. The standard InChI is InChI=1S/C13H12ClN3O3S/c1-7-15-5-9(21-7)6-16-13(20)17-11-4-8(14)2-3-10(11)12(18)19/h2-5H,6H2,1H3,(H,18,19)(H2,16,17,20). The highest BCUT2D eigenvalue weighted by molar-refractivity contribution is 7.11. The van der Waals surface area contributed by atoms with Crippen LogP contribution in [0, 0.1) is 6.92 Å². The molecule has 0 aliphatic carbocycles. The molecule has 0 saturated carbocycles. The third-order valence-electron chi connectivity index (χ3n) is 2.55. The van der Waals surface area contributed by atoms with E-state index < -0.39 is 12.0 Å². The average Bonchev–Trinajstić information content (AvgIpc) is 2.82. The van der Waals surface area contributed by atoms with Crippen LogP contribution >= 0.6 is 22.9 Å². The Balaban J connectivity index is 2.02. The maximum Gasteiger partial charge on any atom is 0.337 e. The third-order valence-corrected chi connectivity index (χ3v) is 3.70. The summed E-state index contributed by atoms with van der Waals surface area (Å²) in [6.07, 6.45) is 1.68. The number of carboxylic acid groups (broad SMARTS) is 1. The summed E-state index contributed by atoms with van der Waals surface area (Å²) in [5.41, 5.74) is 0.121. The first kappa shape index (κ1) is 15.3. The summed E-state index contributed by atoms with van der Waals surface area (Å²) in [7, 11) is 0. The van der Waals surface area contributed by atoms with Gasteiger partial charge in [0.15, 0.2) is 0 Å². The zero-order chi connectivity index (χ0) is 15.4. The molecular formula is C13H12ClN3O3S. The molecule has 6 nitrogen and oxygen atoms in total. The van der Waals surface area contributed by atoms with Crippen LogP contribution in [0.5, 0.6) is 0 Å². The van der Waals surface area contributed by atoms with Crippen molar-refractivity contribution in [3.63, 3.8) is 0 Å². The van der Waals surface area contributed by atoms with Crippen LogP contribution in [-0.4, -0.2) is 22.1 Å². The largest absolute Gasteiger partial charge is 0.478 e. The molecule has 21 heavy (non-hydrogen) atoms. The summed E-state index contributed by atoms with van der Waals surface area (Å²) < 4.78 is 0. The number of nitrogens with one attached hydrogen (secondary N) is 2. The predicted octanol–water partition coefficient (Wildman–Crippen LogP) is 3.12. The second-order valence-electron chi connectivity index (χ2n) is 4.15. The third kappa shape index (κ3) is 4.17. The molecule has 3 N–H and O–H groups in total. The Kier molecular flexibility index (Phi) is 4.77. The lowest BCUT2D eigenvalue weighted by atomic mass is 10.2. The molecule has 2 rings (SSSR count). The summed E-state index contributed by atoms with van der Waals surface area (Å²) in [4.78, 5) is 27.9. The van der Waals surface area contributed by atoms with Crippen molar-refractivity contribution in [1.29, 1.82) is 0 Å². The second-order valence-corrected chi connectivity index (χ2v) is 5.90. The molecule has 0 fully saturated rings. The van der Waals surface area contributed by atoms with Crippen molar-refractivity contribution in [2.24, 2.45) is 0 Å². The van der Waals surface area contributed by atoms with Crippen LogP contribution in [0.1, 0.15) is 20.2 Å². The Morgan fingerprint density at radius 1 is 1.43 bits per heavy atom. The van der Waals surface area contributed by atoms with Crippen LogP contribution in [0.3, 0.4) is 0 Å². The monoisotopic (exact) mass is 325 g/mol. The highest BCUT2D eigenvalue weighted by Gasteiger charge is 2.13. The number of hydrogen-bond acceptors (Lipinski definition) is 4. The number of nitrogens with zero attached hydrogens (tertiary/aromatic N) is 1. The van der Waals surface area contributed by atoms with Gasteiger partial charge in [0.2, 0.25) is 0 Å². The maximum absolute atomic E-state index is 11.8. The van der Waals surface area contributed by atoms with Crippen molar-refractivity contribution in [2.45, 2.75) is 13.5 Å². The number of aryl methyl sites for hydroxylation is 1. The van der Waals surface area contributed by atoms with Crippen molar-refractivity contribution in [2.75, 3.05) is 5.32 Å². The molecular weight excluding hydrogens is 314 g/mol. The number of aromatic nitrogens is 1. The number of anilines is 1. The second kappa shape index (κ2) is 6.55. The van der Waals surface area contributed by atoms with E-state index in [1.807, 2.05) is 6.92 Å². The van der Waals surface area contributed by atoms with Gasteiger partial charge >= 0.3 is 12.0 Å². The van der Waals surface area contributed by atoms with E-state index in [1.54, 1.807) is 6.20 Å². The van der Waals surface area contributed by atoms with E-state index in [2.05, 4.69) is 15.6 Å². The van der Waals surface area contributed by atoms with E-state index in [9.17, 15) is 9.59 Å². The van der Waals surface area contributed by atoms with Crippen LogP contribution in [0.25, 0.3) is 0 Å². The Morgan fingerprint density at radius 2 is 2.19 bits per heavy atom. The van der Waals surface area contributed by atoms with Crippen LogP contribution in [0.15, 0.2) is 24.4 Å². The lowest BCUT2D eigenvalue weighted by Gasteiger charge is -2.09. The summed E-state index contributed by atoms with van der Waals surface area (Å²) in [6.45, 7) is 2.19. The van der Waals surface area contributed by atoms with Gasteiger partial charge in [-0.25, -0.2) is 14.6 Å². The minimum absolute atomic E-state index is 0.0248. The fourth-order valence-corrected chi connectivity index (χ4v) is 2.53. The summed E-state index contributed by atoms with van der Waals surface area (Å²) in [5.74, 6) is -1.14. The van der Waals surface area contributed by atoms with Gasteiger partial charge in [-0.3, -0.25) is 0 Å². The molecule has 0 radical (unpaired) electrons. The van der Waals surface area contributed by atoms with Gasteiger partial charge in [0.25, 0.3) is 0 Å². The average molecular weight is 326 g/mol. The molecule has 0 aliphatic rings. The van der Waals surface area contributed by atoms with Crippen molar-refractivity contribution >= 4 is 40.6 Å². The van der Waals surface area contributed by atoms with Gasteiger partial charge in [-0.15, -0.1) is 11.3 Å². The first-order chi connectivity index (χ1) is 9.95. The number of halogens is 1. The topological polar surface area (TPSA) is 91.3 Å². The smallest absolute Gasteiger partial charge is 0.337 e. The molecule has 0 aliphatic heterocycles. The number of carboxylic acids is 1. The normalized spacial score (nSPS) is 10.2. The number of hydrogen-bond donors (Lipinski definition) is 3. The minimum Gasteiger partial charge on any atom is -0.478 e. The Hall–Kier alpha value is -2.12. The molecule has 0 atom stereocenters. The van der Waals surface area contributed by atoms with E-state index in [-0.39, 0.29) is 11.3 Å². The van der Waals surface area contributed by atoms with E-state index >= 15 is 0 Å². The molecule has 1 heterocycles. The molecule has 110 valence electrons. The minimum atomic E-state index is -1.14. The van der Waals surface area contributed by atoms with E-state index in [0.29, 0.717) is 11.6 Å². The van der Waals surface area contributed by atoms with Gasteiger partial charge < -0.3 is 15.7 Å². The van der Waals surface area contributed by atoms with Crippen molar-refractivity contribution < 1.29 is 14.7 Å².